The van der Waals surface area contributed by atoms with Gasteiger partial charge in [0.2, 0.25) is 0 Å². The molecule has 0 N–H and O–H groups in total. The largest absolute Gasteiger partial charge is 0.306 e. The molecule has 1 aromatic rings. The van der Waals surface area contributed by atoms with E-state index >= 15 is 0 Å². The average molecular weight is 243 g/mol. The lowest BCUT2D eigenvalue weighted by Crippen LogP contribution is -2.10. The van der Waals surface area contributed by atoms with Gasteiger partial charge in [-0.05, 0) is 37.6 Å². The Labute approximate surface area is 112 Å². The third kappa shape index (κ3) is 5.33. The van der Waals surface area contributed by atoms with Crippen molar-refractivity contribution in [3.8, 4) is 0 Å². The zero-order valence-electron chi connectivity index (χ0n) is 12.1. The summed E-state index contributed by atoms with van der Waals surface area (Å²) in [6.45, 7) is 9.53. The van der Waals surface area contributed by atoms with Crippen molar-refractivity contribution in [2.24, 2.45) is 0 Å². The van der Waals surface area contributed by atoms with E-state index in [0.717, 1.165) is 18.5 Å². The Morgan fingerprint density at radius 3 is 2.67 bits per heavy atom. The molecule has 0 heterocycles. The van der Waals surface area contributed by atoms with Crippen LogP contribution in [0, 0.1) is 0 Å². The molecule has 0 atom stereocenters. The molecule has 0 aromatic heterocycles. The summed E-state index contributed by atoms with van der Waals surface area (Å²) in [6.07, 6.45) is 5.22. The number of benzene rings is 1. The zero-order chi connectivity index (χ0) is 13.5. The second kappa shape index (κ2) is 7.17. The highest BCUT2D eigenvalue weighted by Gasteiger charge is 2.00. The summed E-state index contributed by atoms with van der Waals surface area (Å²) >= 11 is 0. The molecule has 0 amide bonds. The lowest BCUT2D eigenvalue weighted by molar-refractivity contribution is 0.456. The second-order valence-corrected chi connectivity index (χ2v) is 5.40. The SMILES string of the molecule is C=C(/C=C/CN(C)C)Cc1cccc(C(C)C)c1. The van der Waals surface area contributed by atoms with Crippen molar-refractivity contribution in [1.82, 2.24) is 4.90 Å². The van der Waals surface area contributed by atoms with E-state index in [4.69, 9.17) is 0 Å². The van der Waals surface area contributed by atoms with E-state index in [1.54, 1.807) is 0 Å². The van der Waals surface area contributed by atoms with Gasteiger partial charge >= 0.3 is 0 Å². The van der Waals surface area contributed by atoms with E-state index < -0.39 is 0 Å². The summed E-state index contributed by atoms with van der Waals surface area (Å²) in [4.78, 5) is 2.14. The molecule has 0 saturated carbocycles. The topological polar surface area (TPSA) is 3.24 Å². The summed E-state index contributed by atoms with van der Waals surface area (Å²) in [5.41, 5.74) is 3.91. The predicted molar refractivity (Wildman–Crippen MR) is 81.1 cm³/mol. The molecule has 0 radical (unpaired) electrons. The molecule has 98 valence electrons. The van der Waals surface area contributed by atoms with Gasteiger partial charge in [-0.15, -0.1) is 0 Å². The summed E-state index contributed by atoms with van der Waals surface area (Å²) in [5.74, 6) is 0.586. The number of likely N-dealkylation sites (N-methyl/N-ethyl adjacent to an activating group) is 1. The minimum absolute atomic E-state index is 0.586. The van der Waals surface area contributed by atoms with Gasteiger partial charge in [0, 0.05) is 6.54 Å². The van der Waals surface area contributed by atoms with Crippen molar-refractivity contribution in [2.45, 2.75) is 26.2 Å². The third-order valence-corrected chi connectivity index (χ3v) is 2.87. The number of rotatable bonds is 6. The van der Waals surface area contributed by atoms with Crippen LogP contribution in [-0.2, 0) is 6.42 Å². The van der Waals surface area contributed by atoms with Crippen molar-refractivity contribution < 1.29 is 0 Å². The number of allylic oxidation sites excluding steroid dienone is 2. The van der Waals surface area contributed by atoms with Crippen LogP contribution >= 0.6 is 0 Å². The molecule has 0 bridgehead atoms. The van der Waals surface area contributed by atoms with Gasteiger partial charge in [0.05, 0.1) is 0 Å². The van der Waals surface area contributed by atoms with Crippen LogP contribution in [-0.4, -0.2) is 25.5 Å². The summed E-state index contributed by atoms with van der Waals surface area (Å²) in [7, 11) is 4.14. The van der Waals surface area contributed by atoms with Gasteiger partial charge in [-0.2, -0.15) is 0 Å². The molecule has 0 unspecified atom stereocenters. The van der Waals surface area contributed by atoms with Crippen LogP contribution in [0.25, 0.3) is 0 Å². The first kappa shape index (κ1) is 14.7. The molecule has 1 rings (SSSR count). The smallest absolute Gasteiger partial charge is 0.0160 e. The van der Waals surface area contributed by atoms with Crippen LogP contribution in [0.15, 0.2) is 48.6 Å². The molecule has 0 aliphatic rings. The van der Waals surface area contributed by atoms with Gasteiger partial charge in [-0.1, -0.05) is 62.4 Å². The first-order chi connectivity index (χ1) is 8.49. The van der Waals surface area contributed by atoms with E-state index in [-0.39, 0.29) is 0 Å². The van der Waals surface area contributed by atoms with Gasteiger partial charge < -0.3 is 4.90 Å². The Morgan fingerprint density at radius 1 is 1.33 bits per heavy atom. The molecule has 1 nitrogen and oxygen atoms in total. The molecule has 0 saturated heterocycles. The first-order valence-corrected chi connectivity index (χ1v) is 6.57. The lowest BCUT2D eigenvalue weighted by Gasteiger charge is -2.08. The highest BCUT2D eigenvalue weighted by atomic mass is 15.0. The molecule has 0 aliphatic heterocycles. The van der Waals surface area contributed by atoms with E-state index in [1.807, 2.05) is 0 Å². The summed E-state index contributed by atoms with van der Waals surface area (Å²) in [6, 6.07) is 8.80. The Morgan fingerprint density at radius 2 is 2.06 bits per heavy atom. The summed E-state index contributed by atoms with van der Waals surface area (Å²) in [5, 5.41) is 0. The number of hydrogen-bond acceptors (Lipinski definition) is 1. The van der Waals surface area contributed by atoms with Crippen LogP contribution < -0.4 is 0 Å². The van der Waals surface area contributed by atoms with Gasteiger partial charge in [-0.3, -0.25) is 0 Å². The van der Waals surface area contributed by atoms with E-state index in [2.05, 4.69) is 75.8 Å². The monoisotopic (exact) mass is 243 g/mol. The predicted octanol–water partition coefficient (Wildman–Crippen LogP) is 4.03. The fourth-order valence-electron chi connectivity index (χ4n) is 1.81. The molecular formula is C17H25N. The lowest BCUT2D eigenvalue weighted by atomic mass is 9.98. The van der Waals surface area contributed by atoms with Gasteiger partial charge in [0.25, 0.3) is 0 Å². The highest BCUT2D eigenvalue weighted by molar-refractivity contribution is 5.31. The standard InChI is InChI=1S/C17H25N/c1-14(2)17-10-6-9-16(13-17)12-15(3)8-7-11-18(4)5/h6-10,13-14H,3,11-12H2,1-2,4-5H3/b8-7+. The Hall–Kier alpha value is -1.34. The van der Waals surface area contributed by atoms with E-state index in [9.17, 15) is 0 Å². The molecule has 0 fully saturated rings. The van der Waals surface area contributed by atoms with Gasteiger partial charge in [-0.25, -0.2) is 0 Å². The Bertz CT molecular complexity index is 413. The number of hydrogen-bond donors (Lipinski definition) is 0. The third-order valence-electron chi connectivity index (χ3n) is 2.87. The van der Waals surface area contributed by atoms with E-state index in [1.165, 1.54) is 11.1 Å². The average Bonchev–Trinajstić information content (AvgIpc) is 2.28. The van der Waals surface area contributed by atoms with Crippen LogP contribution in [0.1, 0.15) is 30.9 Å². The minimum atomic E-state index is 0.586. The molecule has 18 heavy (non-hydrogen) atoms. The van der Waals surface area contributed by atoms with Crippen molar-refractivity contribution >= 4 is 0 Å². The van der Waals surface area contributed by atoms with E-state index in [0.29, 0.717) is 5.92 Å². The molecule has 1 heteroatoms. The maximum atomic E-state index is 4.12. The quantitative estimate of drug-likeness (QED) is 0.682. The van der Waals surface area contributed by atoms with Crippen LogP contribution in [0.3, 0.4) is 0 Å². The van der Waals surface area contributed by atoms with Crippen molar-refractivity contribution in [3.63, 3.8) is 0 Å². The van der Waals surface area contributed by atoms with Crippen LogP contribution in [0.5, 0.6) is 0 Å². The van der Waals surface area contributed by atoms with Gasteiger partial charge in [0.1, 0.15) is 0 Å². The number of nitrogens with zero attached hydrogens (tertiary/aromatic N) is 1. The van der Waals surface area contributed by atoms with Crippen LogP contribution in [0.4, 0.5) is 0 Å². The molecule has 0 aliphatic carbocycles. The van der Waals surface area contributed by atoms with Crippen molar-refractivity contribution in [3.05, 3.63) is 59.7 Å². The highest BCUT2D eigenvalue weighted by Crippen LogP contribution is 2.17. The zero-order valence-corrected chi connectivity index (χ0v) is 12.1. The normalized spacial score (nSPS) is 11.7. The van der Waals surface area contributed by atoms with Crippen molar-refractivity contribution in [1.29, 1.82) is 0 Å². The maximum absolute atomic E-state index is 4.12. The van der Waals surface area contributed by atoms with Crippen LogP contribution in [0.2, 0.25) is 0 Å². The fraction of sp³-hybridized carbons (Fsp3) is 0.412. The molecule has 0 spiro atoms. The molecule has 1 aromatic carbocycles. The summed E-state index contributed by atoms with van der Waals surface area (Å²) < 4.78 is 0. The maximum Gasteiger partial charge on any atom is 0.0160 e. The van der Waals surface area contributed by atoms with Crippen molar-refractivity contribution in [2.75, 3.05) is 20.6 Å². The van der Waals surface area contributed by atoms with Gasteiger partial charge in [0.15, 0.2) is 0 Å². The fourth-order valence-corrected chi connectivity index (χ4v) is 1.81. The Balaban J connectivity index is 2.59. The first-order valence-electron chi connectivity index (χ1n) is 6.57. The second-order valence-electron chi connectivity index (χ2n) is 5.40. The Kier molecular flexibility index (Phi) is 5.87. The minimum Gasteiger partial charge on any atom is -0.306 e. The molecular weight excluding hydrogens is 218 g/mol.